The van der Waals surface area contributed by atoms with Crippen molar-refractivity contribution in [1.29, 1.82) is 0 Å². The molecule has 134 valence electrons. The van der Waals surface area contributed by atoms with Gasteiger partial charge in [-0.3, -0.25) is 0 Å². The summed E-state index contributed by atoms with van der Waals surface area (Å²) in [6, 6.07) is 15.0. The zero-order chi connectivity index (χ0) is 18.3. The molecule has 0 aromatic heterocycles. The molecule has 2 aromatic rings. The Kier molecular flexibility index (Phi) is 6.75. The molecule has 0 amide bonds. The Morgan fingerprint density at radius 1 is 1.12 bits per heavy atom. The van der Waals surface area contributed by atoms with Crippen LogP contribution in [0.1, 0.15) is 22.8 Å². The molecule has 0 bridgehead atoms. The van der Waals surface area contributed by atoms with E-state index in [9.17, 15) is 8.42 Å². The first-order valence-electron chi connectivity index (χ1n) is 7.84. The van der Waals surface area contributed by atoms with Crippen LogP contribution in [-0.2, 0) is 14.8 Å². The summed E-state index contributed by atoms with van der Waals surface area (Å²) >= 11 is 0. The molecule has 0 radical (unpaired) electrons. The third-order valence-corrected chi connectivity index (χ3v) is 4.80. The predicted molar refractivity (Wildman–Crippen MR) is 99.9 cm³/mol. The van der Waals surface area contributed by atoms with Crippen LogP contribution in [0.5, 0.6) is 5.75 Å². The van der Waals surface area contributed by atoms with E-state index in [0.29, 0.717) is 5.75 Å². The first kappa shape index (κ1) is 19.2. The Hall–Kier alpha value is -2.15. The van der Waals surface area contributed by atoms with Crippen LogP contribution in [0.3, 0.4) is 0 Å². The van der Waals surface area contributed by atoms with Gasteiger partial charge in [0.05, 0.1) is 13.2 Å². The quantitative estimate of drug-likeness (QED) is 0.784. The lowest BCUT2D eigenvalue weighted by atomic mass is 10.1. The van der Waals surface area contributed by atoms with Crippen molar-refractivity contribution in [3.63, 3.8) is 0 Å². The van der Waals surface area contributed by atoms with E-state index in [1.807, 2.05) is 55.5 Å². The van der Waals surface area contributed by atoms with Crippen LogP contribution >= 0.6 is 0 Å². The van der Waals surface area contributed by atoms with E-state index in [1.54, 1.807) is 20.3 Å². The first-order chi connectivity index (χ1) is 11.9. The first-order valence-corrected chi connectivity index (χ1v) is 9.39. The zero-order valence-electron chi connectivity index (χ0n) is 14.6. The summed E-state index contributed by atoms with van der Waals surface area (Å²) in [5, 5.41) is 1.16. The highest BCUT2D eigenvalue weighted by Crippen LogP contribution is 2.21. The molecule has 0 aliphatic carbocycles. The van der Waals surface area contributed by atoms with Gasteiger partial charge < -0.3 is 9.47 Å². The van der Waals surface area contributed by atoms with Crippen LogP contribution in [0.25, 0.3) is 6.08 Å². The van der Waals surface area contributed by atoms with Gasteiger partial charge in [-0.05, 0) is 36.3 Å². The van der Waals surface area contributed by atoms with Crippen LogP contribution < -0.4 is 9.46 Å². The molecule has 0 aliphatic heterocycles. The summed E-state index contributed by atoms with van der Waals surface area (Å²) in [7, 11) is -0.435. The fourth-order valence-corrected chi connectivity index (χ4v) is 3.08. The molecule has 0 heterocycles. The number of aryl methyl sites for hydroxylation is 1. The molecule has 1 unspecified atom stereocenters. The number of methoxy groups -OCH3 is 2. The molecule has 0 fully saturated rings. The lowest BCUT2D eigenvalue weighted by molar-refractivity contribution is 0.107. The van der Waals surface area contributed by atoms with Gasteiger partial charge >= 0.3 is 0 Å². The molecule has 5 nitrogen and oxygen atoms in total. The van der Waals surface area contributed by atoms with Crippen LogP contribution in [0, 0.1) is 6.92 Å². The van der Waals surface area contributed by atoms with Gasteiger partial charge in [-0.15, -0.1) is 0 Å². The maximum absolute atomic E-state index is 12.2. The van der Waals surface area contributed by atoms with Crippen molar-refractivity contribution in [1.82, 2.24) is 4.72 Å². The molecule has 0 spiro atoms. The van der Waals surface area contributed by atoms with E-state index in [2.05, 4.69) is 4.72 Å². The molecule has 6 heteroatoms. The highest BCUT2D eigenvalue weighted by atomic mass is 32.2. The van der Waals surface area contributed by atoms with E-state index in [-0.39, 0.29) is 6.54 Å². The summed E-state index contributed by atoms with van der Waals surface area (Å²) in [4.78, 5) is 0. The number of hydrogen-bond acceptors (Lipinski definition) is 4. The largest absolute Gasteiger partial charge is 0.497 e. The Bertz CT molecular complexity index is 814. The van der Waals surface area contributed by atoms with Crippen molar-refractivity contribution in [3.8, 4) is 5.75 Å². The van der Waals surface area contributed by atoms with Crippen molar-refractivity contribution in [2.24, 2.45) is 0 Å². The number of rotatable bonds is 8. The standard InChI is InChI=1S/C19H23NO4S/c1-15-7-9-16(10-8-15)11-12-25(21,22)20-14-19(24-3)17-5-4-6-18(13-17)23-2/h4-13,19-20H,14H2,1-3H3. The Morgan fingerprint density at radius 2 is 1.84 bits per heavy atom. The molecule has 1 atom stereocenters. The van der Waals surface area contributed by atoms with Crippen LogP contribution in [0.2, 0.25) is 0 Å². The fourth-order valence-electron chi connectivity index (χ4n) is 2.26. The summed E-state index contributed by atoms with van der Waals surface area (Å²) in [5.74, 6) is 0.696. The van der Waals surface area contributed by atoms with E-state index in [1.165, 1.54) is 0 Å². The van der Waals surface area contributed by atoms with Crippen molar-refractivity contribution >= 4 is 16.1 Å². The van der Waals surface area contributed by atoms with E-state index < -0.39 is 16.1 Å². The molecular weight excluding hydrogens is 338 g/mol. The second-order valence-electron chi connectivity index (χ2n) is 5.61. The van der Waals surface area contributed by atoms with E-state index in [0.717, 1.165) is 22.1 Å². The fraction of sp³-hybridized carbons (Fsp3) is 0.263. The summed E-state index contributed by atoms with van der Waals surface area (Å²) < 4.78 is 37.5. The lowest BCUT2D eigenvalue weighted by Gasteiger charge is -2.16. The molecule has 0 saturated carbocycles. The Balaban J connectivity index is 2.02. The number of hydrogen-bond donors (Lipinski definition) is 1. The highest BCUT2D eigenvalue weighted by Gasteiger charge is 2.14. The Morgan fingerprint density at radius 3 is 2.48 bits per heavy atom. The monoisotopic (exact) mass is 361 g/mol. The number of ether oxygens (including phenoxy) is 2. The minimum atomic E-state index is -3.56. The summed E-state index contributed by atoms with van der Waals surface area (Å²) in [6.45, 7) is 2.11. The number of benzene rings is 2. The maximum Gasteiger partial charge on any atom is 0.233 e. The van der Waals surface area contributed by atoms with Crippen LogP contribution in [-0.4, -0.2) is 29.2 Å². The predicted octanol–water partition coefficient (Wildman–Crippen LogP) is 3.28. The summed E-state index contributed by atoms with van der Waals surface area (Å²) in [6.07, 6.45) is 1.16. The molecule has 0 aliphatic rings. The summed E-state index contributed by atoms with van der Waals surface area (Å²) in [5.41, 5.74) is 2.79. The minimum absolute atomic E-state index is 0.129. The van der Waals surface area contributed by atoms with Crippen molar-refractivity contribution in [2.75, 3.05) is 20.8 Å². The van der Waals surface area contributed by atoms with Gasteiger partial charge in [0.1, 0.15) is 5.75 Å². The molecule has 0 saturated heterocycles. The van der Waals surface area contributed by atoms with Crippen molar-refractivity contribution < 1.29 is 17.9 Å². The van der Waals surface area contributed by atoms with Gasteiger partial charge in [-0.2, -0.15) is 0 Å². The van der Waals surface area contributed by atoms with Crippen molar-refractivity contribution in [3.05, 3.63) is 70.6 Å². The smallest absolute Gasteiger partial charge is 0.233 e. The van der Waals surface area contributed by atoms with Crippen LogP contribution in [0.15, 0.2) is 53.9 Å². The van der Waals surface area contributed by atoms with E-state index >= 15 is 0 Å². The van der Waals surface area contributed by atoms with Gasteiger partial charge in [0.25, 0.3) is 0 Å². The molecule has 25 heavy (non-hydrogen) atoms. The van der Waals surface area contributed by atoms with Crippen molar-refractivity contribution in [2.45, 2.75) is 13.0 Å². The molecule has 1 N–H and O–H groups in total. The zero-order valence-corrected chi connectivity index (χ0v) is 15.4. The Labute approximate surface area is 149 Å². The number of nitrogens with one attached hydrogen (secondary N) is 1. The van der Waals surface area contributed by atoms with Gasteiger partial charge in [-0.1, -0.05) is 42.0 Å². The maximum atomic E-state index is 12.2. The van der Waals surface area contributed by atoms with Crippen LogP contribution in [0.4, 0.5) is 0 Å². The lowest BCUT2D eigenvalue weighted by Crippen LogP contribution is -2.27. The highest BCUT2D eigenvalue weighted by molar-refractivity contribution is 7.92. The van der Waals surface area contributed by atoms with Gasteiger partial charge in [0.2, 0.25) is 10.0 Å². The SMILES string of the molecule is COc1cccc(C(CNS(=O)(=O)C=Cc2ccc(C)cc2)OC)c1. The molecule has 2 aromatic carbocycles. The minimum Gasteiger partial charge on any atom is -0.497 e. The van der Waals surface area contributed by atoms with E-state index in [4.69, 9.17) is 9.47 Å². The van der Waals surface area contributed by atoms with Gasteiger partial charge in [0, 0.05) is 19.1 Å². The normalized spacial score (nSPS) is 13.1. The van der Waals surface area contributed by atoms with Gasteiger partial charge in [-0.25, -0.2) is 13.1 Å². The third kappa shape index (κ3) is 6.01. The molecule has 2 rings (SSSR count). The topological polar surface area (TPSA) is 64.6 Å². The second kappa shape index (κ2) is 8.80. The molecular formula is C19H23NO4S. The second-order valence-corrected chi connectivity index (χ2v) is 7.26. The average Bonchev–Trinajstić information content (AvgIpc) is 2.62. The average molecular weight is 361 g/mol. The third-order valence-electron chi connectivity index (χ3n) is 3.74. The number of sulfonamides is 1. The van der Waals surface area contributed by atoms with Gasteiger partial charge in [0.15, 0.2) is 0 Å².